The summed E-state index contributed by atoms with van der Waals surface area (Å²) in [5.41, 5.74) is 1.29. The Kier molecular flexibility index (Phi) is 1.77. The molecule has 14 heavy (non-hydrogen) atoms. The van der Waals surface area contributed by atoms with Crippen molar-refractivity contribution in [2.45, 2.75) is 31.5 Å². The van der Waals surface area contributed by atoms with Gasteiger partial charge in [0.2, 0.25) is 5.79 Å². The van der Waals surface area contributed by atoms with Crippen LogP contribution in [0.1, 0.15) is 24.8 Å². The van der Waals surface area contributed by atoms with Crippen LogP contribution in [0.15, 0.2) is 24.3 Å². The third-order valence-corrected chi connectivity index (χ3v) is 3.05. The summed E-state index contributed by atoms with van der Waals surface area (Å²) in [6.45, 7) is 0.841. The summed E-state index contributed by atoms with van der Waals surface area (Å²) in [5.74, 6) is 0.691. The molecule has 1 spiro atoms. The molecule has 0 N–H and O–H groups in total. The number of para-hydroxylation sites is 1. The highest BCUT2D eigenvalue weighted by Gasteiger charge is 2.41. The average Bonchev–Trinajstić information content (AvgIpc) is 2.56. The predicted octanol–water partition coefficient (Wildman–Crippen LogP) is 2.52. The Balaban J connectivity index is 1.89. The van der Waals surface area contributed by atoms with Crippen molar-refractivity contribution in [2.75, 3.05) is 6.61 Å². The molecular formula is C12H14O2. The maximum atomic E-state index is 5.91. The number of rotatable bonds is 0. The molecule has 0 aromatic heterocycles. The van der Waals surface area contributed by atoms with Gasteiger partial charge in [-0.15, -0.1) is 0 Å². The normalized spacial score (nSPS) is 30.0. The molecule has 2 heteroatoms. The van der Waals surface area contributed by atoms with Crippen molar-refractivity contribution in [1.82, 2.24) is 0 Å². The second-order valence-corrected chi connectivity index (χ2v) is 4.10. The maximum absolute atomic E-state index is 5.91. The molecule has 0 bridgehead atoms. The SMILES string of the molecule is c1ccc2c(c1)CC1(CCCCO1)O2. The van der Waals surface area contributed by atoms with Crippen LogP contribution in [0.4, 0.5) is 0 Å². The third kappa shape index (κ3) is 1.22. The molecule has 1 aromatic rings. The minimum absolute atomic E-state index is 0.318. The van der Waals surface area contributed by atoms with Crippen LogP contribution in [0.5, 0.6) is 5.75 Å². The summed E-state index contributed by atoms with van der Waals surface area (Å²) >= 11 is 0. The van der Waals surface area contributed by atoms with Gasteiger partial charge in [-0.05, 0) is 18.9 Å². The lowest BCUT2D eigenvalue weighted by atomic mass is 10.0. The molecule has 1 unspecified atom stereocenters. The standard InChI is InChI=1S/C12H14O2/c1-2-6-11-10(5-1)9-12(14-11)7-3-4-8-13-12/h1-2,5-6H,3-4,7-9H2. The van der Waals surface area contributed by atoms with Crippen molar-refractivity contribution in [3.8, 4) is 5.75 Å². The summed E-state index contributed by atoms with van der Waals surface area (Å²) in [5, 5.41) is 0. The molecule has 2 aliphatic rings. The van der Waals surface area contributed by atoms with E-state index in [2.05, 4.69) is 12.1 Å². The Hall–Kier alpha value is -1.02. The summed E-state index contributed by atoms with van der Waals surface area (Å²) in [4.78, 5) is 0. The van der Waals surface area contributed by atoms with Gasteiger partial charge in [0, 0.05) is 18.4 Å². The lowest BCUT2D eigenvalue weighted by Gasteiger charge is -2.32. The Morgan fingerprint density at radius 1 is 1.14 bits per heavy atom. The van der Waals surface area contributed by atoms with Gasteiger partial charge in [-0.2, -0.15) is 0 Å². The fourth-order valence-electron chi connectivity index (χ4n) is 2.32. The molecule has 0 saturated carbocycles. The Morgan fingerprint density at radius 3 is 2.86 bits per heavy atom. The molecule has 2 nitrogen and oxygen atoms in total. The molecule has 2 aliphatic heterocycles. The van der Waals surface area contributed by atoms with E-state index < -0.39 is 0 Å². The van der Waals surface area contributed by atoms with Crippen molar-refractivity contribution in [3.63, 3.8) is 0 Å². The van der Waals surface area contributed by atoms with Crippen LogP contribution in [-0.4, -0.2) is 12.4 Å². The zero-order valence-corrected chi connectivity index (χ0v) is 8.16. The number of ether oxygens (including phenoxy) is 2. The Morgan fingerprint density at radius 2 is 2.07 bits per heavy atom. The molecule has 0 amide bonds. The van der Waals surface area contributed by atoms with Crippen LogP contribution in [0.2, 0.25) is 0 Å². The van der Waals surface area contributed by atoms with Gasteiger partial charge in [-0.25, -0.2) is 0 Å². The number of hydrogen-bond acceptors (Lipinski definition) is 2. The summed E-state index contributed by atoms with van der Waals surface area (Å²) in [6.07, 6.45) is 4.33. The number of hydrogen-bond donors (Lipinski definition) is 0. The molecule has 1 saturated heterocycles. The summed E-state index contributed by atoms with van der Waals surface area (Å²) in [7, 11) is 0. The van der Waals surface area contributed by atoms with Crippen LogP contribution in [-0.2, 0) is 11.2 Å². The van der Waals surface area contributed by atoms with Crippen molar-refractivity contribution in [3.05, 3.63) is 29.8 Å². The molecule has 2 heterocycles. The number of fused-ring (bicyclic) bond motifs is 1. The fraction of sp³-hybridized carbons (Fsp3) is 0.500. The minimum Gasteiger partial charge on any atom is -0.462 e. The van der Waals surface area contributed by atoms with E-state index in [1.165, 1.54) is 18.4 Å². The van der Waals surface area contributed by atoms with Gasteiger partial charge >= 0.3 is 0 Å². The van der Waals surface area contributed by atoms with E-state index in [0.717, 1.165) is 25.2 Å². The first-order valence-electron chi connectivity index (χ1n) is 5.29. The van der Waals surface area contributed by atoms with Crippen molar-refractivity contribution in [2.24, 2.45) is 0 Å². The topological polar surface area (TPSA) is 18.5 Å². The zero-order chi connectivity index (χ0) is 9.43. The highest BCUT2D eigenvalue weighted by Crippen LogP contribution is 2.40. The van der Waals surface area contributed by atoms with Crippen LogP contribution in [0.25, 0.3) is 0 Å². The van der Waals surface area contributed by atoms with Gasteiger partial charge in [-0.3, -0.25) is 0 Å². The van der Waals surface area contributed by atoms with Crippen LogP contribution in [0, 0.1) is 0 Å². The molecule has 1 fully saturated rings. The summed E-state index contributed by atoms with van der Waals surface area (Å²) < 4.78 is 11.7. The van der Waals surface area contributed by atoms with Gasteiger partial charge in [0.1, 0.15) is 5.75 Å². The van der Waals surface area contributed by atoms with E-state index in [1.54, 1.807) is 0 Å². The lowest BCUT2D eigenvalue weighted by molar-refractivity contribution is -0.192. The third-order valence-electron chi connectivity index (χ3n) is 3.05. The van der Waals surface area contributed by atoms with Gasteiger partial charge < -0.3 is 9.47 Å². The molecule has 1 atom stereocenters. The minimum atomic E-state index is -0.318. The zero-order valence-electron chi connectivity index (χ0n) is 8.16. The Labute approximate surface area is 83.8 Å². The Bertz CT molecular complexity index is 313. The quantitative estimate of drug-likeness (QED) is 0.625. The van der Waals surface area contributed by atoms with E-state index in [-0.39, 0.29) is 5.79 Å². The predicted molar refractivity (Wildman–Crippen MR) is 53.3 cm³/mol. The first kappa shape index (κ1) is 8.30. The van der Waals surface area contributed by atoms with Crippen LogP contribution >= 0.6 is 0 Å². The lowest BCUT2D eigenvalue weighted by Crippen LogP contribution is -2.40. The molecular weight excluding hydrogens is 176 g/mol. The molecule has 1 aromatic carbocycles. The second kappa shape index (κ2) is 2.99. The van der Waals surface area contributed by atoms with Gasteiger partial charge in [0.05, 0.1) is 6.61 Å². The van der Waals surface area contributed by atoms with Gasteiger partial charge in [0.15, 0.2) is 0 Å². The van der Waals surface area contributed by atoms with E-state index in [9.17, 15) is 0 Å². The van der Waals surface area contributed by atoms with Gasteiger partial charge in [0.25, 0.3) is 0 Å². The maximum Gasteiger partial charge on any atom is 0.214 e. The molecule has 0 aliphatic carbocycles. The second-order valence-electron chi connectivity index (χ2n) is 4.10. The van der Waals surface area contributed by atoms with Crippen molar-refractivity contribution >= 4 is 0 Å². The highest BCUT2D eigenvalue weighted by atomic mass is 16.7. The first-order valence-corrected chi connectivity index (χ1v) is 5.29. The summed E-state index contributed by atoms with van der Waals surface area (Å²) in [6, 6.07) is 8.23. The van der Waals surface area contributed by atoms with Crippen molar-refractivity contribution in [1.29, 1.82) is 0 Å². The van der Waals surface area contributed by atoms with Crippen LogP contribution in [0.3, 0.4) is 0 Å². The largest absolute Gasteiger partial charge is 0.462 e. The molecule has 3 rings (SSSR count). The van der Waals surface area contributed by atoms with E-state index in [0.29, 0.717) is 0 Å². The first-order chi connectivity index (χ1) is 6.88. The highest BCUT2D eigenvalue weighted by molar-refractivity contribution is 5.38. The van der Waals surface area contributed by atoms with Crippen molar-refractivity contribution < 1.29 is 9.47 Å². The van der Waals surface area contributed by atoms with E-state index in [4.69, 9.17) is 9.47 Å². The average molecular weight is 190 g/mol. The molecule has 0 radical (unpaired) electrons. The van der Waals surface area contributed by atoms with Crippen LogP contribution < -0.4 is 4.74 Å². The molecule has 74 valence electrons. The van der Waals surface area contributed by atoms with E-state index >= 15 is 0 Å². The smallest absolute Gasteiger partial charge is 0.214 e. The van der Waals surface area contributed by atoms with Gasteiger partial charge in [-0.1, -0.05) is 18.2 Å². The monoisotopic (exact) mass is 190 g/mol. The fourth-order valence-corrected chi connectivity index (χ4v) is 2.32. The number of benzene rings is 1. The van der Waals surface area contributed by atoms with E-state index in [1.807, 2.05) is 12.1 Å².